The van der Waals surface area contributed by atoms with E-state index in [0.717, 1.165) is 44.6 Å². The van der Waals surface area contributed by atoms with Crippen LogP contribution in [-0.2, 0) is 4.79 Å². The number of amides is 1. The Morgan fingerprint density at radius 3 is 2.62 bits per heavy atom. The number of halogens is 2. The Hall–Kier alpha value is -1.01. The average Bonchev–Trinajstić information content (AvgIpc) is 2.65. The molecule has 0 aliphatic carbocycles. The van der Waals surface area contributed by atoms with Crippen molar-refractivity contribution in [1.29, 1.82) is 0 Å². The van der Waals surface area contributed by atoms with Crippen molar-refractivity contribution in [3.63, 3.8) is 0 Å². The molecule has 1 aliphatic heterocycles. The molecule has 0 bridgehead atoms. The van der Waals surface area contributed by atoms with Crippen LogP contribution in [0, 0.1) is 0 Å². The second kappa shape index (κ2) is 13.2. The van der Waals surface area contributed by atoms with Crippen LogP contribution in [0.2, 0.25) is 0 Å². The SMILES string of the molecule is CCN(CC)C(CNC(=O)C1CCCCN1)c1cccc(OC)c1.Cl.Cl. The van der Waals surface area contributed by atoms with Crippen LogP contribution in [0.5, 0.6) is 5.75 Å². The predicted octanol–water partition coefficient (Wildman–Crippen LogP) is 3.18. The molecule has 1 aromatic rings. The summed E-state index contributed by atoms with van der Waals surface area (Å²) in [5, 5.41) is 6.47. The molecule has 0 radical (unpaired) electrons. The number of benzene rings is 1. The molecule has 2 N–H and O–H groups in total. The number of nitrogens with zero attached hydrogens (tertiary/aromatic N) is 1. The lowest BCUT2D eigenvalue weighted by molar-refractivity contribution is -0.123. The first-order valence-corrected chi connectivity index (χ1v) is 9.08. The molecule has 5 nitrogen and oxygen atoms in total. The van der Waals surface area contributed by atoms with E-state index in [-0.39, 0.29) is 42.8 Å². The van der Waals surface area contributed by atoms with Crippen molar-refractivity contribution in [2.45, 2.75) is 45.2 Å². The summed E-state index contributed by atoms with van der Waals surface area (Å²) in [7, 11) is 1.68. The fourth-order valence-electron chi connectivity index (χ4n) is 3.37. The number of rotatable bonds is 8. The van der Waals surface area contributed by atoms with Gasteiger partial charge in [0.15, 0.2) is 0 Å². The molecule has 26 heavy (non-hydrogen) atoms. The number of likely N-dealkylation sites (N-methyl/N-ethyl adjacent to an activating group) is 1. The average molecular weight is 406 g/mol. The molecule has 7 heteroatoms. The quantitative estimate of drug-likeness (QED) is 0.696. The number of carbonyl (C=O) groups excluding carboxylic acids is 1. The van der Waals surface area contributed by atoms with E-state index >= 15 is 0 Å². The summed E-state index contributed by atoms with van der Waals surface area (Å²) in [5.74, 6) is 0.972. The maximum atomic E-state index is 12.4. The van der Waals surface area contributed by atoms with Gasteiger partial charge in [-0.25, -0.2) is 0 Å². The normalized spacial score (nSPS) is 17.6. The third kappa shape index (κ3) is 6.95. The van der Waals surface area contributed by atoms with Gasteiger partial charge < -0.3 is 15.4 Å². The van der Waals surface area contributed by atoms with Crippen molar-refractivity contribution < 1.29 is 9.53 Å². The van der Waals surface area contributed by atoms with Gasteiger partial charge in [-0.3, -0.25) is 9.69 Å². The number of methoxy groups -OCH3 is 1. The highest BCUT2D eigenvalue weighted by molar-refractivity contribution is 5.85. The number of ether oxygens (including phenoxy) is 1. The molecule has 1 aliphatic rings. The summed E-state index contributed by atoms with van der Waals surface area (Å²) >= 11 is 0. The fourth-order valence-corrected chi connectivity index (χ4v) is 3.37. The maximum absolute atomic E-state index is 12.4. The van der Waals surface area contributed by atoms with E-state index in [1.54, 1.807) is 7.11 Å². The number of hydrogen-bond donors (Lipinski definition) is 2. The smallest absolute Gasteiger partial charge is 0.237 e. The van der Waals surface area contributed by atoms with Gasteiger partial charge in [-0.2, -0.15) is 0 Å². The van der Waals surface area contributed by atoms with Gasteiger partial charge in [0.2, 0.25) is 5.91 Å². The van der Waals surface area contributed by atoms with Gasteiger partial charge in [0.05, 0.1) is 19.2 Å². The third-order valence-electron chi connectivity index (χ3n) is 4.83. The molecule has 1 saturated heterocycles. The molecule has 1 aromatic carbocycles. The molecular formula is C19H33Cl2N3O2. The zero-order valence-electron chi connectivity index (χ0n) is 16.0. The van der Waals surface area contributed by atoms with E-state index in [1.807, 2.05) is 12.1 Å². The minimum Gasteiger partial charge on any atom is -0.497 e. The summed E-state index contributed by atoms with van der Waals surface area (Å²) in [5.41, 5.74) is 1.18. The van der Waals surface area contributed by atoms with E-state index in [0.29, 0.717) is 6.54 Å². The largest absolute Gasteiger partial charge is 0.497 e. The Kier molecular flexibility index (Phi) is 12.7. The number of hydrogen-bond acceptors (Lipinski definition) is 4. The minimum absolute atomic E-state index is 0. The second-order valence-electron chi connectivity index (χ2n) is 6.26. The van der Waals surface area contributed by atoms with E-state index in [2.05, 4.69) is 41.5 Å². The molecule has 2 unspecified atom stereocenters. The predicted molar refractivity (Wildman–Crippen MR) is 112 cm³/mol. The first-order chi connectivity index (χ1) is 11.7. The van der Waals surface area contributed by atoms with Gasteiger partial charge >= 0.3 is 0 Å². The number of piperidine rings is 1. The summed E-state index contributed by atoms with van der Waals surface area (Å²) in [6, 6.07) is 8.25. The monoisotopic (exact) mass is 405 g/mol. The van der Waals surface area contributed by atoms with Crippen LogP contribution in [0.15, 0.2) is 24.3 Å². The first-order valence-electron chi connectivity index (χ1n) is 9.08. The molecule has 0 spiro atoms. The Balaban J connectivity index is 0.00000312. The van der Waals surface area contributed by atoms with E-state index in [1.165, 1.54) is 5.56 Å². The Labute approximate surface area is 170 Å². The summed E-state index contributed by atoms with van der Waals surface area (Å²) in [4.78, 5) is 14.8. The highest BCUT2D eigenvalue weighted by Crippen LogP contribution is 2.24. The van der Waals surface area contributed by atoms with Gasteiger partial charge in [0.25, 0.3) is 0 Å². The molecule has 150 valence electrons. The molecule has 2 rings (SSSR count). The van der Waals surface area contributed by atoms with Crippen molar-refractivity contribution in [3.8, 4) is 5.75 Å². The Morgan fingerprint density at radius 1 is 1.31 bits per heavy atom. The van der Waals surface area contributed by atoms with Crippen LogP contribution in [0.4, 0.5) is 0 Å². The summed E-state index contributed by atoms with van der Waals surface area (Å²) < 4.78 is 5.36. The lowest BCUT2D eigenvalue weighted by Crippen LogP contribution is -2.48. The van der Waals surface area contributed by atoms with Crippen molar-refractivity contribution in [1.82, 2.24) is 15.5 Å². The molecule has 1 amide bonds. The van der Waals surface area contributed by atoms with E-state index in [9.17, 15) is 4.79 Å². The van der Waals surface area contributed by atoms with Gasteiger partial charge in [-0.05, 0) is 50.2 Å². The Morgan fingerprint density at radius 2 is 2.04 bits per heavy atom. The zero-order chi connectivity index (χ0) is 17.4. The first kappa shape index (κ1) is 25.0. The van der Waals surface area contributed by atoms with Crippen LogP contribution >= 0.6 is 24.8 Å². The highest BCUT2D eigenvalue weighted by Gasteiger charge is 2.23. The lowest BCUT2D eigenvalue weighted by atomic mass is 10.0. The van der Waals surface area contributed by atoms with Crippen LogP contribution in [0.3, 0.4) is 0 Å². The zero-order valence-corrected chi connectivity index (χ0v) is 17.6. The standard InChI is InChI=1S/C19H31N3O2.2ClH/c1-4-22(5-2)18(15-9-8-10-16(13-15)24-3)14-21-19(23)17-11-6-7-12-20-17;;/h8-10,13,17-18,20H,4-7,11-12,14H2,1-3H3,(H,21,23);2*1H. The van der Waals surface area contributed by atoms with E-state index < -0.39 is 0 Å². The number of nitrogens with one attached hydrogen (secondary N) is 2. The summed E-state index contributed by atoms with van der Waals surface area (Å²) in [6.45, 7) is 7.74. The molecule has 0 saturated carbocycles. The maximum Gasteiger partial charge on any atom is 0.237 e. The molecule has 0 aromatic heterocycles. The topological polar surface area (TPSA) is 53.6 Å². The van der Waals surface area contributed by atoms with Gasteiger partial charge in [-0.15, -0.1) is 24.8 Å². The van der Waals surface area contributed by atoms with Gasteiger partial charge in [0.1, 0.15) is 5.75 Å². The van der Waals surface area contributed by atoms with Crippen molar-refractivity contribution >= 4 is 30.7 Å². The molecule has 1 heterocycles. The number of carbonyl (C=O) groups is 1. The highest BCUT2D eigenvalue weighted by atomic mass is 35.5. The van der Waals surface area contributed by atoms with Crippen LogP contribution in [-0.4, -0.2) is 50.1 Å². The van der Waals surface area contributed by atoms with Crippen LogP contribution < -0.4 is 15.4 Å². The van der Waals surface area contributed by atoms with E-state index in [4.69, 9.17) is 4.74 Å². The van der Waals surface area contributed by atoms with Crippen molar-refractivity contribution in [2.75, 3.05) is 33.3 Å². The molecular weight excluding hydrogens is 373 g/mol. The lowest BCUT2D eigenvalue weighted by Gasteiger charge is -2.31. The molecule has 2 atom stereocenters. The third-order valence-corrected chi connectivity index (χ3v) is 4.83. The fraction of sp³-hybridized carbons (Fsp3) is 0.632. The van der Waals surface area contributed by atoms with Gasteiger partial charge in [-0.1, -0.05) is 32.4 Å². The minimum atomic E-state index is -0.0404. The molecule has 1 fully saturated rings. The second-order valence-corrected chi connectivity index (χ2v) is 6.26. The van der Waals surface area contributed by atoms with Crippen molar-refractivity contribution in [3.05, 3.63) is 29.8 Å². The Bertz CT molecular complexity index is 521. The summed E-state index contributed by atoms with van der Waals surface area (Å²) in [6.07, 6.45) is 3.22. The van der Waals surface area contributed by atoms with Crippen molar-refractivity contribution in [2.24, 2.45) is 0 Å². The van der Waals surface area contributed by atoms with Crippen LogP contribution in [0.1, 0.15) is 44.7 Å². The van der Waals surface area contributed by atoms with Gasteiger partial charge in [0, 0.05) is 6.54 Å². The van der Waals surface area contributed by atoms with Crippen LogP contribution in [0.25, 0.3) is 0 Å².